The number of rotatable bonds is 2. The lowest BCUT2D eigenvalue weighted by molar-refractivity contribution is 0.0159. The number of carbonyl (C=O) groups excluding carboxylic acids is 1. The first-order chi connectivity index (χ1) is 17.9. The van der Waals surface area contributed by atoms with Gasteiger partial charge in [0, 0.05) is 54.6 Å². The van der Waals surface area contributed by atoms with Gasteiger partial charge in [0.25, 0.3) is 0 Å². The number of benzene rings is 2. The molecule has 1 atom stereocenters. The fourth-order valence-electron chi connectivity index (χ4n) is 5.32. The van der Waals surface area contributed by atoms with E-state index >= 15 is 4.39 Å². The third-order valence-electron chi connectivity index (χ3n) is 7.01. The standard InChI is InChI=1S/C28H32ClFN6O2/c1-15-8-9-20-22(17(3)33-34(20)7)21(15)23-19(29)12-18-25(24(23)30)31-14-32-26(18)35-10-11-36(16(2)13-35)27(37)38-28(4,5)6/h8-9,12,14,16H,10-11,13H2,1-7H3. The molecule has 0 aliphatic carbocycles. The number of hydrogen-bond acceptors (Lipinski definition) is 6. The molecule has 2 aromatic carbocycles. The molecule has 0 saturated carbocycles. The first kappa shape index (κ1) is 26.2. The van der Waals surface area contributed by atoms with Gasteiger partial charge in [-0.2, -0.15) is 5.10 Å². The molecule has 3 heterocycles. The lowest BCUT2D eigenvalue weighted by Crippen LogP contribution is -2.55. The molecule has 200 valence electrons. The van der Waals surface area contributed by atoms with Crippen LogP contribution in [0.15, 0.2) is 24.5 Å². The number of aryl methyl sites for hydroxylation is 3. The summed E-state index contributed by atoms with van der Waals surface area (Å²) in [6.07, 6.45) is 1.04. The van der Waals surface area contributed by atoms with Gasteiger partial charge in [0.05, 0.1) is 16.2 Å². The van der Waals surface area contributed by atoms with Gasteiger partial charge in [0.15, 0.2) is 5.82 Å². The quantitative estimate of drug-likeness (QED) is 0.310. The molecular formula is C28H32ClFN6O2. The van der Waals surface area contributed by atoms with Gasteiger partial charge in [-0.25, -0.2) is 19.2 Å². The minimum atomic E-state index is -0.570. The van der Waals surface area contributed by atoms with Gasteiger partial charge >= 0.3 is 6.09 Å². The lowest BCUT2D eigenvalue weighted by Gasteiger charge is -2.40. The van der Waals surface area contributed by atoms with Crippen LogP contribution in [0.1, 0.15) is 39.0 Å². The van der Waals surface area contributed by atoms with Gasteiger partial charge in [-0.15, -0.1) is 0 Å². The molecule has 38 heavy (non-hydrogen) atoms. The third-order valence-corrected chi connectivity index (χ3v) is 7.31. The van der Waals surface area contributed by atoms with Gasteiger partial charge in [0.2, 0.25) is 0 Å². The summed E-state index contributed by atoms with van der Waals surface area (Å²) in [4.78, 5) is 25.3. The Bertz CT molecular complexity index is 1580. The smallest absolute Gasteiger partial charge is 0.410 e. The van der Waals surface area contributed by atoms with E-state index in [0.717, 1.165) is 27.7 Å². The van der Waals surface area contributed by atoms with Crippen LogP contribution in [-0.4, -0.2) is 62.0 Å². The van der Waals surface area contributed by atoms with E-state index in [1.54, 1.807) is 15.6 Å². The van der Waals surface area contributed by atoms with Crippen molar-refractivity contribution in [1.82, 2.24) is 24.6 Å². The maximum absolute atomic E-state index is 16.3. The molecule has 1 aliphatic rings. The number of hydrogen-bond donors (Lipinski definition) is 0. The molecule has 1 saturated heterocycles. The van der Waals surface area contributed by atoms with Crippen LogP contribution in [0.3, 0.4) is 0 Å². The number of carbonyl (C=O) groups is 1. The highest BCUT2D eigenvalue weighted by molar-refractivity contribution is 6.35. The Morgan fingerprint density at radius 2 is 1.89 bits per heavy atom. The molecule has 8 nitrogen and oxygen atoms in total. The molecule has 1 unspecified atom stereocenters. The number of ether oxygens (including phenoxy) is 1. The van der Waals surface area contributed by atoms with Crippen molar-refractivity contribution in [2.24, 2.45) is 7.05 Å². The van der Waals surface area contributed by atoms with E-state index in [1.165, 1.54) is 6.33 Å². The highest BCUT2D eigenvalue weighted by atomic mass is 35.5. The SMILES string of the molecule is Cc1ccc2c(c(C)nn2C)c1-c1c(Cl)cc2c(N3CCN(C(=O)OC(C)(C)C)C(C)C3)ncnc2c1F. The van der Waals surface area contributed by atoms with Crippen LogP contribution in [-0.2, 0) is 11.8 Å². The molecule has 1 fully saturated rings. The van der Waals surface area contributed by atoms with Crippen LogP contribution in [0.4, 0.5) is 15.0 Å². The summed E-state index contributed by atoms with van der Waals surface area (Å²) >= 11 is 6.83. The summed E-state index contributed by atoms with van der Waals surface area (Å²) < 4.78 is 23.7. The van der Waals surface area contributed by atoms with Crippen molar-refractivity contribution < 1.29 is 13.9 Å². The van der Waals surface area contributed by atoms with Crippen LogP contribution in [0.2, 0.25) is 5.02 Å². The predicted octanol–water partition coefficient (Wildman–Crippen LogP) is 6.04. The molecule has 10 heteroatoms. The first-order valence-corrected chi connectivity index (χ1v) is 13.1. The Morgan fingerprint density at radius 1 is 1.16 bits per heavy atom. The number of fused-ring (bicyclic) bond motifs is 2. The summed E-state index contributed by atoms with van der Waals surface area (Å²) in [6.45, 7) is 12.9. The molecule has 1 aliphatic heterocycles. The molecular weight excluding hydrogens is 507 g/mol. The Labute approximate surface area is 226 Å². The topological polar surface area (TPSA) is 76.4 Å². The van der Waals surface area contributed by atoms with Gasteiger partial charge in [-0.1, -0.05) is 17.7 Å². The first-order valence-electron chi connectivity index (χ1n) is 12.7. The summed E-state index contributed by atoms with van der Waals surface area (Å²) in [7, 11) is 1.87. The van der Waals surface area contributed by atoms with Crippen molar-refractivity contribution in [3.63, 3.8) is 0 Å². The molecule has 5 rings (SSSR count). The van der Waals surface area contributed by atoms with E-state index in [9.17, 15) is 4.79 Å². The zero-order valence-electron chi connectivity index (χ0n) is 22.8. The Balaban J connectivity index is 1.56. The molecule has 1 amide bonds. The summed E-state index contributed by atoms with van der Waals surface area (Å²) in [5, 5.41) is 6.23. The second kappa shape index (κ2) is 9.38. The highest BCUT2D eigenvalue weighted by Gasteiger charge is 2.32. The van der Waals surface area contributed by atoms with E-state index in [4.69, 9.17) is 16.3 Å². The van der Waals surface area contributed by atoms with Gasteiger partial charge in [0.1, 0.15) is 23.3 Å². The minimum Gasteiger partial charge on any atom is -0.444 e. The van der Waals surface area contributed by atoms with Crippen molar-refractivity contribution in [2.45, 2.75) is 53.2 Å². The monoisotopic (exact) mass is 538 g/mol. The third kappa shape index (κ3) is 4.42. The van der Waals surface area contributed by atoms with Crippen molar-refractivity contribution in [2.75, 3.05) is 24.5 Å². The number of anilines is 1. The summed E-state index contributed by atoms with van der Waals surface area (Å²) in [5.41, 5.74) is 3.27. The summed E-state index contributed by atoms with van der Waals surface area (Å²) in [6, 6.07) is 5.56. The van der Waals surface area contributed by atoms with Crippen LogP contribution < -0.4 is 4.90 Å². The van der Waals surface area contributed by atoms with Crippen molar-refractivity contribution in [3.8, 4) is 11.1 Å². The Kier molecular flexibility index (Phi) is 6.46. The summed E-state index contributed by atoms with van der Waals surface area (Å²) in [5.74, 6) is 0.0981. The molecule has 0 N–H and O–H groups in total. The van der Waals surface area contributed by atoms with Gasteiger partial charge < -0.3 is 14.5 Å². The number of aromatic nitrogens is 4. The van der Waals surface area contributed by atoms with E-state index in [0.29, 0.717) is 36.4 Å². The fourth-order valence-corrected chi connectivity index (χ4v) is 5.61. The number of halogens is 2. The predicted molar refractivity (Wildman–Crippen MR) is 148 cm³/mol. The van der Waals surface area contributed by atoms with E-state index in [-0.39, 0.29) is 22.7 Å². The number of nitrogens with zero attached hydrogens (tertiary/aromatic N) is 6. The fraction of sp³-hybridized carbons (Fsp3) is 0.429. The lowest BCUT2D eigenvalue weighted by atomic mass is 9.94. The molecule has 4 aromatic rings. The van der Waals surface area contributed by atoms with E-state index in [1.807, 2.05) is 65.6 Å². The van der Waals surface area contributed by atoms with Crippen LogP contribution in [0.25, 0.3) is 32.9 Å². The van der Waals surface area contributed by atoms with Crippen LogP contribution >= 0.6 is 11.6 Å². The molecule has 0 spiro atoms. The van der Waals surface area contributed by atoms with E-state index in [2.05, 4.69) is 15.1 Å². The second-order valence-electron chi connectivity index (χ2n) is 11.0. The van der Waals surface area contributed by atoms with Crippen molar-refractivity contribution in [1.29, 1.82) is 0 Å². The number of amides is 1. The Hall–Kier alpha value is -3.46. The second-order valence-corrected chi connectivity index (χ2v) is 11.4. The normalized spacial score (nSPS) is 16.5. The van der Waals surface area contributed by atoms with Crippen molar-refractivity contribution >= 4 is 45.3 Å². The number of piperazine rings is 1. The highest BCUT2D eigenvalue weighted by Crippen LogP contribution is 2.42. The molecule has 0 radical (unpaired) electrons. The maximum Gasteiger partial charge on any atom is 0.410 e. The zero-order chi connectivity index (χ0) is 27.5. The van der Waals surface area contributed by atoms with Gasteiger partial charge in [-0.05, 0) is 59.2 Å². The van der Waals surface area contributed by atoms with Gasteiger partial charge in [-0.3, -0.25) is 4.68 Å². The largest absolute Gasteiger partial charge is 0.444 e. The molecule has 0 bridgehead atoms. The van der Waals surface area contributed by atoms with Crippen molar-refractivity contribution in [3.05, 3.63) is 46.6 Å². The van der Waals surface area contributed by atoms with E-state index < -0.39 is 11.4 Å². The maximum atomic E-state index is 16.3. The average Bonchev–Trinajstić information content (AvgIpc) is 3.11. The van der Waals surface area contributed by atoms with Crippen LogP contribution in [0.5, 0.6) is 0 Å². The zero-order valence-corrected chi connectivity index (χ0v) is 23.5. The average molecular weight is 539 g/mol. The minimum absolute atomic E-state index is 0.128. The Morgan fingerprint density at radius 3 is 2.58 bits per heavy atom. The molecule has 2 aromatic heterocycles. The van der Waals surface area contributed by atoms with Crippen LogP contribution in [0, 0.1) is 19.7 Å².